The van der Waals surface area contributed by atoms with Crippen LogP contribution in [0.1, 0.15) is 36.9 Å². The number of hydrogen-bond donors (Lipinski definition) is 2. The van der Waals surface area contributed by atoms with Crippen LogP contribution in [0.5, 0.6) is 11.8 Å². The van der Waals surface area contributed by atoms with E-state index in [1.165, 1.54) is 31.2 Å². The second-order valence-electron chi connectivity index (χ2n) is 12.3. The summed E-state index contributed by atoms with van der Waals surface area (Å²) in [7, 11) is 4.26. The lowest BCUT2D eigenvalue weighted by molar-refractivity contribution is 0.182. The Labute approximate surface area is 238 Å². The van der Waals surface area contributed by atoms with Gasteiger partial charge in [0.05, 0.1) is 18.8 Å². The molecular formula is C30H37BrN6O2. The minimum absolute atomic E-state index is 0.218. The van der Waals surface area contributed by atoms with E-state index >= 15 is 0 Å². The zero-order valence-electron chi connectivity index (χ0n) is 22.8. The van der Waals surface area contributed by atoms with Gasteiger partial charge in [0, 0.05) is 70.9 Å². The number of nitrogens with one attached hydrogen (secondary N) is 1. The molecule has 1 aliphatic carbocycles. The lowest BCUT2D eigenvalue weighted by atomic mass is 10.0. The first-order valence-corrected chi connectivity index (χ1v) is 15.0. The van der Waals surface area contributed by atoms with Crippen molar-refractivity contribution >= 4 is 38.2 Å². The Balaban J connectivity index is 1.24. The van der Waals surface area contributed by atoms with E-state index in [1.54, 1.807) is 0 Å². The summed E-state index contributed by atoms with van der Waals surface area (Å²) in [4.78, 5) is 17.2. The van der Waals surface area contributed by atoms with E-state index in [4.69, 9.17) is 14.7 Å². The van der Waals surface area contributed by atoms with Gasteiger partial charge in [0.25, 0.3) is 0 Å². The third-order valence-corrected chi connectivity index (χ3v) is 9.55. The summed E-state index contributed by atoms with van der Waals surface area (Å²) in [5.41, 5.74) is 3.52. The Kier molecular flexibility index (Phi) is 6.36. The summed E-state index contributed by atoms with van der Waals surface area (Å²) in [5, 5.41) is 16.4. The highest BCUT2D eigenvalue weighted by Gasteiger charge is 2.44. The van der Waals surface area contributed by atoms with Crippen LogP contribution in [0.3, 0.4) is 0 Å². The molecular weight excluding hydrogens is 556 g/mol. The molecule has 0 radical (unpaired) electrons. The number of ether oxygens (including phenoxy) is 1. The second kappa shape index (κ2) is 9.78. The standard InChI is InChI=1S/C30H37BrN6O2/c1-35(2)17-30(9-10-30)18-39-29-33-25-16-36(26-13-22(38)12-19-4-3-5-24(31)27(19)26)11-8-23(25)28(34-29)37-14-20-6-7-21(15-37)32-20/h3-5,12-13,20-21,32,38H,6-11,14-18H2,1-2H3. The number of phenols is 1. The molecule has 4 heterocycles. The first-order valence-electron chi connectivity index (χ1n) is 14.2. The van der Waals surface area contributed by atoms with E-state index in [0.29, 0.717) is 31.2 Å². The normalized spacial score (nSPS) is 23.4. The maximum Gasteiger partial charge on any atom is 0.318 e. The number of rotatable bonds is 7. The molecule has 8 nitrogen and oxygen atoms in total. The van der Waals surface area contributed by atoms with E-state index in [9.17, 15) is 5.11 Å². The highest BCUT2D eigenvalue weighted by atomic mass is 79.9. The highest BCUT2D eigenvalue weighted by Crippen LogP contribution is 2.46. The Morgan fingerprint density at radius 2 is 1.92 bits per heavy atom. The summed E-state index contributed by atoms with van der Waals surface area (Å²) < 4.78 is 7.42. The largest absolute Gasteiger partial charge is 0.508 e. The van der Waals surface area contributed by atoms with Gasteiger partial charge in [-0.15, -0.1) is 0 Å². The average molecular weight is 594 g/mol. The van der Waals surface area contributed by atoms with E-state index < -0.39 is 0 Å². The average Bonchev–Trinajstić information content (AvgIpc) is 3.59. The van der Waals surface area contributed by atoms with Crippen LogP contribution >= 0.6 is 15.9 Å². The predicted molar refractivity (Wildman–Crippen MR) is 158 cm³/mol. The van der Waals surface area contributed by atoms with Gasteiger partial charge in [0.2, 0.25) is 0 Å². The molecule has 3 fully saturated rings. The Hall–Kier alpha value is -2.62. The molecule has 0 amide bonds. The van der Waals surface area contributed by atoms with Crippen LogP contribution in [0.25, 0.3) is 10.8 Å². The molecule has 2 saturated heterocycles. The molecule has 0 spiro atoms. The Bertz CT molecular complexity index is 1400. The third-order valence-electron chi connectivity index (χ3n) is 8.89. The van der Waals surface area contributed by atoms with Gasteiger partial charge in [0.15, 0.2) is 0 Å². The number of nitrogens with zero attached hydrogens (tertiary/aromatic N) is 5. The SMILES string of the molecule is CN(C)CC1(COc2nc3c(c(N4CC5CCC(C4)N5)n2)CCN(c2cc(O)cc4cccc(Br)c24)C3)CC1. The number of hydrogen-bond acceptors (Lipinski definition) is 8. The van der Waals surface area contributed by atoms with Crippen molar-refractivity contribution in [3.63, 3.8) is 0 Å². The molecule has 3 aromatic rings. The smallest absolute Gasteiger partial charge is 0.318 e. The molecule has 7 rings (SSSR count). The second-order valence-corrected chi connectivity index (χ2v) is 13.2. The summed E-state index contributed by atoms with van der Waals surface area (Å²) >= 11 is 3.75. The van der Waals surface area contributed by atoms with E-state index in [2.05, 4.69) is 56.1 Å². The summed E-state index contributed by atoms with van der Waals surface area (Å²) in [6.07, 6.45) is 5.71. The van der Waals surface area contributed by atoms with Crippen LogP contribution in [0, 0.1) is 5.41 Å². The van der Waals surface area contributed by atoms with Crippen molar-refractivity contribution in [3.05, 3.63) is 46.1 Å². The van der Waals surface area contributed by atoms with Crippen molar-refractivity contribution in [2.24, 2.45) is 5.41 Å². The van der Waals surface area contributed by atoms with Gasteiger partial charge in [-0.3, -0.25) is 0 Å². The minimum atomic E-state index is 0.218. The molecule has 2 atom stereocenters. The lowest BCUT2D eigenvalue weighted by Gasteiger charge is -2.37. The summed E-state index contributed by atoms with van der Waals surface area (Å²) in [6.45, 7) is 5.15. The summed E-state index contributed by atoms with van der Waals surface area (Å²) in [6, 6.07) is 11.4. The molecule has 3 aliphatic heterocycles. The van der Waals surface area contributed by atoms with Crippen molar-refractivity contribution in [3.8, 4) is 11.8 Å². The molecule has 1 saturated carbocycles. The number of phenolic OH excluding ortho intramolecular Hbond substituents is 1. The zero-order chi connectivity index (χ0) is 26.7. The van der Waals surface area contributed by atoms with Crippen molar-refractivity contribution in [2.75, 3.05) is 56.7 Å². The van der Waals surface area contributed by atoms with E-state index in [1.807, 2.05) is 24.3 Å². The van der Waals surface area contributed by atoms with Gasteiger partial charge in [-0.05, 0) is 63.7 Å². The van der Waals surface area contributed by atoms with Crippen molar-refractivity contribution in [1.82, 2.24) is 20.2 Å². The molecule has 39 heavy (non-hydrogen) atoms. The first-order chi connectivity index (χ1) is 18.9. The van der Waals surface area contributed by atoms with Crippen molar-refractivity contribution in [2.45, 2.75) is 50.7 Å². The highest BCUT2D eigenvalue weighted by molar-refractivity contribution is 9.10. The number of aromatic hydroxyl groups is 1. The Morgan fingerprint density at radius 1 is 1.13 bits per heavy atom. The molecule has 9 heteroatoms. The van der Waals surface area contributed by atoms with Gasteiger partial charge < -0.3 is 29.9 Å². The van der Waals surface area contributed by atoms with Crippen LogP contribution in [-0.2, 0) is 13.0 Å². The Morgan fingerprint density at radius 3 is 2.67 bits per heavy atom. The van der Waals surface area contributed by atoms with Crippen molar-refractivity contribution < 1.29 is 9.84 Å². The van der Waals surface area contributed by atoms with Crippen molar-refractivity contribution in [1.29, 1.82) is 0 Å². The molecule has 2 N–H and O–H groups in total. The van der Waals surface area contributed by atoms with Gasteiger partial charge in [-0.25, -0.2) is 0 Å². The molecule has 4 aliphatic rings. The number of anilines is 2. The fourth-order valence-electron chi connectivity index (χ4n) is 6.90. The van der Waals surface area contributed by atoms with E-state index in [-0.39, 0.29) is 11.2 Å². The van der Waals surface area contributed by atoms with E-state index in [0.717, 1.165) is 65.0 Å². The third kappa shape index (κ3) is 4.93. The molecule has 2 aromatic carbocycles. The molecule has 2 unspecified atom stereocenters. The number of fused-ring (bicyclic) bond motifs is 4. The van der Waals surface area contributed by atoms with Gasteiger partial charge in [-0.1, -0.05) is 28.1 Å². The van der Waals surface area contributed by atoms with Crippen LogP contribution in [0.4, 0.5) is 11.5 Å². The fourth-order valence-corrected chi connectivity index (χ4v) is 7.48. The van der Waals surface area contributed by atoms with Crippen LogP contribution in [0.15, 0.2) is 34.8 Å². The zero-order valence-corrected chi connectivity index (χ0v) is 24.4. The molecule has 206 valence electrons. The quantitative estimate of drug-likeness (QED) is 0.420. The number of piperazine rings is 1. The molecule has 2 bridgehead atoms. The first kappa shape index (κ1) is 25.4. The minimum Gasteiger partial charge on any atom is -0.508 e. The molecule has 1 aromatic heterocycles. The lowest BCUT2D eigenvalue weighted by Crippen LogP contribution is -2.52. The van der Waals surface area contributed by atoms with Gasteiger partial charge >= 0.3 is 6.01 Å². The van der Waals surface area contributed by atoms with Crippen LogP contribution in [-0.4, -0.2) is 78.9 Å². The van der Waals surface area contributed by atoms with Crippen LogP contribution < -0.4 is 19.9 Å². The monoisotopic (exact) mass is 592 g/mol. The number of halogens is 1. The number of aromatic nitrogens is 2. The fraction of sp³-hybridized carbons (Fsp3) is 0.533. The van der Waals surface area contributed by atoms with Gasteiger partial charge in [0.1, 0.15) is 11.6 Å². The number of benzene rings is 2. The van der Waals surface area contributed by atoms with Crippen LogP contribution in [0.2, 0.25) is 0 Å². The van der Waals surface area contributed by atoms with Gasteiger partial charge in [-0.2, -0.15) is 9.97 Å². The maximum absolute atomic E-state index is 10.6. The summed E-state index contributed by atoms with van der Waals surface area (Å²) in [5.74, 6) is 1.34. The maximum atomic E-state index is 10.6. The topological polar surface area (TPSA) is 77.0 Å². The predicted octanol–water partition coefficient (Wildman–Crippen LogP) is 4.32.